The van der Waals surface area contributed by atoms with Crippen molar-refractivity contribution in [3.63, 3.8) is 0 Å². The summed E-state index contributed by atoms with van der Waals surface area (Å²) in [4.78, 5) is 43.0. The maximum atomic E-state index is 13.5. The number of nitrogens with zero attached hydrogens (tertiary/aromatic N) is 4. The monoisotopic (exact) mass is 490 g/mol. The number of aromatic nitrogens is 4. The highest BCUT2D eigenvalue weighted by Crippen LogP contribution is 2.30. The standard InChI is InChI=1S/C26H30N6O2S/c1-17-16-35-25(30-17)23(26(34)32(2)12-6-4-3-5-7-22(27)33)24-29-15-21(31-24)19-9-8-18-10-11-28-14-20(18)13-19/h8-11,13-16,23H,3-7,12H2,1-2H3,(H2,27,33)(H,29,31)/t23-/m1/s1. The van der Waals surface area contributed by atoms with Crippen LogP contribution in [0.1, 0.15) is 54.5 Å². The second-order valence-corrected chi connectivity index (χ2v) is 9.66. The van der Waals surface area contributed by atoms with Crippen LogP contribution in [0.3, 0.4) is 0 Å². The molecule has 35 heavy (non-hydrogen) atoms. The van der Waals surface area contributed by atoms with Gasteiger partial charge in [0.2, 0.25) is 11.8 Å². The second kappa shape index (κ2) is 11.2. The van der Waals surface area contributed by atoms with Crippen LogP contribution in [0, 0.1) is 6.92 Å². The van der Waals surface area contributed by atoms with E-state index in [0.717, 1.165) is 58.4 Å². The van der Waals surface area contributed by atoms with Gasteiger partial charge in [0.15, 0.2) is 0 Å². The number of carbonyl (C=O) groups is 2. The highest BCUT2D eigenvalue weighted by molar-refractivity contribution is 7.09. The average molecular weight is 491 g/mol. The Kier molecular flexibility index (Phi) is 7.87. The van der Waals surface area contributed by atoms with Crippen LogP contribution < -0.4 is 5.73 Å². The molecule has 4 aromatic rings. The molecule has 0 unspecified atom stereocenters. The molecule has 0 bridgehead atoms. The van der Waals surface area contributed by atoms with Crippen LogP contribution in [0.15, 0.2) is 48.2 Å². The topological polar surface area (TPSA) is 118 Å². The Morgan fingerprint density at radius 1 is 1.11 bits per heavy atom. The van der Waals surface area contributed by atoms with Crippen LogP contribution in [-0.4, -0.2) is 50.2 Å². The summed E-state index contributed by atoms with van der Waals surface area (Å²) in [5.41, 5.74) is 7.90. The molecule has 0 saturated carbocycles. The molecule has 3 heterocycles. The average Bonchev–Trinajstić information content (AvgIpc) is 3.50. The fourth-order valence-corrected chi connectivity index (χ4v) is 4.95. The van der Waals surface area contributed by atoms with E-state index < -0.39 is 5.92 Å². The lowest BCUT2D eigenvalue weighted by atomic mass is 10.1. The molecule has 3 aromatic heterocycles. The minimum Gasteiger partial charge on any atom is -0.370 e. The fraction of sp³-hybridized carbons (Fsp3) is 0.346. The molecule has 9 heteroatoms. The first-order valence-corrected chi connectivity index (χ1v) is 12.6. The maximum Gasteiger partial charge on any atom is 0.240 e. The third kappa shape index (κ3) is 6.10. The highest BCUT2D eigenvalue weighted by atomic mass is 32.1. The van der Waals surface area contributed by atoms with Crippen molar-refractivity contribution in [2.75, 3.05) is 13.6 Å². The third-order valence-corrected chi connectivity index (χ3v) is 7.02. The highest BCUT2D eigenvalue weighted by Gasteiger charge is 2.31. The van der Waals surface area contributed by atoms with Crippen molar-refractivity contribution in [2.24, 2.45) is 5.73 Å². The number of aromatic amines is 1. The molecule has 0 aliphatic carbocycles. The van der Waals surface area contributed by atoms with E-state index >= 15 is 0 Å². The number of nitrogens with two attached hydrogens (primary N) is 1. The first kappa shape index (κ1) is 24.5. The molecule has 0 fully saturated rings. The third-order valence-electron chi connectivity index (χ3n) is 5.99. The lowest BCUT2D eigenvalue weighted by molar-refractivity contribution is -0.130. The molecule has 0 radical (unpaired) electrons. The Hall–Kier alpha value is -3.59. The summed E-state index contributed by atoms with van der Waals surface area (Å²) in [6.07, 6.45) is 9.30. The number of aryl methyl sites for hydroxylation is 1. The Bertz CT molecular complexity index is 1310. The van der Waals surface area contributed by atoms with Crippen LogP contribution in [0.25, 0.3) is 22.0 Å². The molecule has 0 spiro atoms. The summed E-state index contributed by atoms with van der Waals surface area (Å²) < 4.78 is 0. The number of imidazole rings is 1. The number of hydrogen-bond acceptors (Lipinski definition) is 6. The fourth-order valence-electron chi connectivity index (χ4n) is 4.06. The van der Waals surface area contributed by atoms with Gasteiger partial charge < -0.3 is 15.6 Å². The lowest BCUT2D eigenvalue weighted by Crippen LogP contribution is -2.33. The summed E-state index contributed by atoms with van der Waals surface area (Å²) in [5, 5.41) is 4.84. The van der Waals surface area contributed by atoms with Gasteiger partial charge in [-0.2, -0.15) is 0 Å². The number of hydrogen-bond donors (Lipinski definition) is 2. The van der Waals surface area contributed by atoms with E-state index in [1.807, 2.05) is 37.7 Å². The molecular weight excluding hydrogens is 460 g/mol. The zero-order valence-corrected chi connectivity index (χ0v) is 20.8. The maximum absolute atomic E-state index is 13.5. The van der Waals surface area contributed by atoms with Gasteiger partial charge in [0.25, 0.3) is 0 Å². The summed E-state index contributed by atoms with van der Waals surface area (Å²) in [7, 11) is 1.82. The predicted octanol–water partition coefficient (Wildman–Crippen LogP) is 4.42. The molecule has 2 amide bonds. The van der Waals surface area contributed by atoms with Gasteiger partial charge in [0, 0.05) is 54.4 Å². The Morgan fingerprint density at radius 2 is 1.94 bits per heavy atom. The number of amides is 2. The van der Waals surface area contributed by atoms with Crippen LogP contribution in [0.2, 0.25) is 0 Å². The van der Waals surface area contributed by atoms with Crippen molar-refractivity contribution in [1.29, 1.82) is 0 Å². The first-order valence-electron chi connectivity index (χ1n) is 11.8. The summed E-state index contributed by atoms with van der Waals surface area (Å²) >= 11 is 1.47. The van der Waals surface area contributed by atoms with Crippen LogP contribution in [0.4, 0.5) is 0 Å². The molecule has 4 rings (SSSR count). The Balaban J connectivity index is 1.50. The largest absolute Gasteiger partial charge is 0.370 e. The molecule has 0 saturated heterocycles. The molecule has 0 aliphatic heterocycles. The van der Waals surface area contributed by atoms with Gasteiger partial charge in [0.05, 0.1) is 11.9 Å². The van der Waals surface area contributed by atoms with Crippen molar-refractivity contribution in [1.82, 2.24) is 24.8 Å². The smallest absolute Gasteiger partial charge is 0.240 e. The van der Waals surface area contributed by atoms with E-state index in [-0.39, 0.29) is 11.8 Å². The number of likely N-dealkylation sites (N-methyl/N-ethyl adjacent to an activating group) is 1. The molecule has 1 aromatic carbocycles. The number of carbonyl (C=O) groups excluding carboxylic acids is 2. The van der Waals surface area contributed by atoms with Crippen molar-refractivity contribution < 1.29 is 9.59 Å². The van der Waals surface area contributed by atoms with E-state index in [1.54, 1.807) is 17.3 Å². The number of fused-ring (bicyclic) bond motifs is 1. The zero-order valence-electron chi connectivity index (χ0n) is 20.0. The number of unbranched alkanes of at least 4 members (excludes halogenated alkanes) is 3. The first-order chi connectivity index (χ1) is 16.9. The van der Waals surface area contributed by atoms with E-state index in [1.165, 1.54) is 11.3 Å². The van der Waals surface area contributed by atoms with Crippen LogP contribution in [-0.2, 0) is 9.59 Å². The van der Waals surface area contributed by atoms with Gasteiger partial charge in [-0.05, 0) is 37.3 Å². The van der Waals surface area contributed by atoms with Crippen molar-refractivity contribution in [2.45, 2.75) is 44.9 Å². The number of primary amides is 1. The van der Waals surface area contributed by atoms with Crippen molar-refractivity contribution >= 4 is 33.9 Å². The van der Waals surface area contributed by atoms with Gasteiger partial charge in [-0.1, -0.05) is 25.0 Å². The molecule has 3 N–H and O–H groups in total. The summed E-state index contributed by atoms with van der Waals surface area (Å²) in [6.45, 7) is 2.55. The van der Waals surface area contributed by atoms with E-state index in [0.29, 0.717) is 18.8 Å². The quantitative estimate of drug-likeness (QED) is 0.302. The Labute approximate surface area is 208 Å². The van der Waals surface area contributed by atoms with Crippen LogP contribution >= 0.6 is 11.3 Å². The number of nitrogens with one attached hydrogen (secondary N) is 1. The number of thiazole rings is 1. The SMILES string of the molecule is Cc1csc([C@H](C(=O)N(C)CCCCCCC(N)=O)c2ncc(-c3ccc4ccncc4c3)[nH]2)n1. The number of benzene rings is 1. The van der Waals surface area contributed by atoms with Gasteiger partial charge in [0.1, 0.15) is 16.7 Å². The van der Waals surface area contributed by atoms with Crippen molar-refractivity contribution in [3.05, 3.63) is 64.8 Å². The molecule has 0 aliphatic rings. The van der Waals surface area contributed by atoms with Crippen LogP contribution in [0.5, 0.6) is 0 Å². The van der Waals surface area contributed by atoms with Crippen molar-refractivity contribution in [3.8, 4) is 11.3 Å². The summed E-state index contributed by atoms with van der Waals surface area (Å²) in [5.74, 6) is -0.319. The number of H-pyrrole nitrogens is 1. The minimum atomic E-state index is -0.593. The molecule has 182 valence electrons. The van der Waals surface area contributed by atoms with Gasteiger partial charge in [-0.15, -0.1) is 11.3 Å². The molecule has 1 atom stereocenters. The minimum absolute atomic E-state index is 0.0416. The van der Waals surface area contributed by atoms with E-state index in [4.69, 9.17) is 5.73 Å². The van der Waals surface area contributed by atoms with E-state index in [2.05, 4.69) is 32.1 Å². The number of pyridine rings is 1. The van der Waals surface area contributed by atoms with Gasteiger partial charge in [-0.3, -0.25) is 14.6 Å². The number of rotatable bonds is 11. The summed E-state index contributed by atoms with van der Waals surface area (Å²) in [6, 6.07) is 8.13. The second-order valence-electron chi connectivity index (χ2n) is 8.77. The normalized spacial score (nSPS) is 12.1. The molecule has 8 nitrogen and oxygen atoms in total. The van der Waals surface area contributed by atoms with Gasteiger partial charge in [-0.25, -0.2) is 9.97 Å². The van der Waals surface area contributed by atoms with Gasteiger partial charge >= 0.3 is 0 Å². The van der Waals surface area contributed by atoms with E-state index in [9.17, 15) is 9.59 Å². The molecular formula is C26H30N6O2S. The Morgan fingerprint density at radius 3 is 2.71 bits per heavy atom. The lowest BCUT2D eigenvalue weighted by Gasteiger charge is -2.21. The zero-order chi connectivity index (χ0) is 24.8. The predicted molar refractivity (Wildman–Crippen MR) is 138 cm³/mol.